The molecule has 2 fully saturated rings. The molecule has 3 rings (SSSR count). The highest BCUT2D eigenvalue weighted by Gasteiger charge is 2.42. The number of likely N-dealkylation sites (tertiary alicyclic amines) is 1. The van der Waals surface area contributed by atoms with Gasteiger partial charge in [-0.1, -0.05) is 12.1 Å². The van der Waals surface area contributed by atoms with Crippen molar-refractivity contribution in [2.75, 3.05) is 32.5 Å². The van der Waals surface area contributed by atoms with E-state index in [-0.39, 0.29) is 30.4 Å². The Labute approximate surface area is 152 Å². The summed E-state index contributed by atoms with van der Waals surface area (Å²) in [5, 5.41) is 13.6. The zero-order chi connectivity index (χ0) is 18.9. The minimum atomic E-state index is -3.22. The van der Waals surface area contributed by atoms with E-state index >= 15 is 0 Å². The standard InChI is InChI=1S/C17H24F2N2O4S/c1-26(23,24)13-4-2-12(3-5-13)8-20-14-10-25-15(16(14)22)9-21-7-6-17(18,19)11-21/h2-5,14-16,20,22H,6-11H2,1H3. The molecule has 1 aromatic carbocycles. The van der Waals surface area contributed by atoms with Crippen molar-refractivity contribution in [1.82, 2.24) is 10.2 Å². The highest BCUT2D eigenvalue weighted by molar-refractivity contribution is 7.90. The second kappa shape index (κ2) is 7.47. The molecule has 3 unspecified atom stereocenters. The number of nitrogens with zero attached hydrogens (tertiary/aromatic N) is 1. The van der Waals surface area contributed by atoms with Crippen molar-refractivity contribution in [3.05, 3.63) is 29.8 Å². The molecule has 0 spiro atoms. The van der Waals surface area contributed by atoms with Crippen molar-refractivity contribution in [1.29, 1.82) is 0 Å². The normalized spacial score (nSPS) is 29.3. The summed E-state index contributed by atoms with van der Waals surface area (Å²) in [5.41, 5.74) is 0.882. The molecule has 2 saturated heterocycles. The lowest BCUT2D eigenvalue weighted by atomic mass is 10.1. The van der Waals surface area contributed by atoms with E-state index in [4.69, 9.17) is 4.74 Å². The quantitative estimate of drug-likeness (QED) is 0.743. The Balaban J connectivity index is 1.49. The minimum absolute atomic E-state index is 0.152. The van der Waals surface area contributed by atoms with Gasteiger partial charge in [0.25, 0.3) is 5.92 Å². The average molecular weight is 390 g/mol. The van der Waals surface area contributed by atoms with Gasteiger partial charge in [0.15, 0.2) is 9.84 Å². The minimum Gasteiger partial charge on any atom is -0.389 e. The Morgan fingerprint density at radius 2 is 2.04 bits per heavy atom. The van der Waals surface area contributed by atoms with Crippen molar-refractivity contribution >= 4 is 9.84 Å². The number of sulfone groups is 1. The van der Waals surface area contributed by atoms with Gasteiger partial charge >= 0.3 is 0 Å². The lowest BCUT2D eigenvalue weighted by Crippen LogP contribution is -2.44. The first-order valence-corrected chi connectivity index (χ1v) is 10.5. The van der Waals surface area contributed by atoms with Crippen LogP contribution < -0.4 is 5.32 Å². The average Bonchev–Trinajstić information content (AvgIpc) is 3.08. The summed E-state index contributed by atoms with van der Waals surface area (Å²) in [4.78, 5) is 1.88. The lowest BCUT2D eigenvalue weighted by Gasteiger charge is -2.23. The molecule has 0 bridgehead atoms. The topological polar surface area (TPSA) is 78.9 Å². The van der Waals surface area contributed by atoms with E-state index in [1.54, 1.807) is 29.2 Å². The lowest BCUT2D eigenvalue weighted by molar-refractivity contribution is -0.00739. The number of nitrogens with one attached hydrogen (secondary N) is 1. The third-order valence-corrected chi connectivity index (χ3v) is 6.02. The Hall–Kier alpha value is -1.13. The van der Waals surface area contributed by atoms with Gasteiger partial charge in [-0.05, 0) is 17.7 Å². The summed E-state index contributed by atoms with van der Waals surface area (Å²) in [5.74, 6) is -2.65. The van der Waals surface area contributed by atoms with Crippen LogP contribution in [0.4, 0.5) is 8.78 Å². The molecule has 0 saturated carbocycles. The first-order chi connectivity index (χ1) is 12.1. The predicted octanol–water partition coefficient (Wildman–Crippen LogP) is 0.649. The van der Waals surface area contributed by atoms with Crippen LogP contribution in [-0.2, 0) is 21.1 Å². The highest BCUT2D eigenvalue weighted by atomic mass is 32.2. The molecular weight excluding hydrogens is 366 g/mol. The third-order valence-electron chi connectivity index (χ3n) is 4.89. The molecule has 3 atom stereocenters. The zero-order valence-electron chi connectivity index (χ0n) is 14.6. The molecule has 2 N–H and O–H groups in total. The number of rotatable bonds is 6. The van der Waals surface area contributed by atoms with Crippen LogP contribution in [-0.4, -0.2) is 75.1 Å². The second-order valence-electron chi connectivity index (χ2n) is 7.11. The molecule has 0 aromatic heterocycles. The van der Waals surface area contributed by atoms with Gasteiger partial charge in [0.1, 0.15) is 0 Å². The molecule has 2 heterocycles. The fourth-order valence-corrected chi connectivity index (χ4v) is 3.98. The Bertz CT molecular complexity index is 727. The molecule has 1 aromatic rings. The molecule has 0 amide bonds. The zero-order valence-corrected chi connectivity index (χ0v) is 15.4. The second-order valence-corrected chi connectivity index (χ2v) is 9.12. The molecule has 2 aliphatic rings. The van der Waals surface area contributed by atoms with Crippen LogP contribution in [0.5, 0.6) is 0 Å². The predicted molar refractivity (Wildman–Crippen MR) is 91.9 cm³/mol. The van der Waals surface area contributed by atoms with Gasteiger partial charge in [-0.25, -0.2) is 17.2 Å². The van der Waals surface area contributed by atoms with Crippen molar-refractivity contribution < 1.29 is 27.0 Å². The number of hydrogen-bond donors (Lipinski definition) is 2. The maximum Gasteiger partial charge on any atom is 0.261 e. The number of alkyl halides is 2. The fourth-order valence-electron chi connectivity index (χ4n) is 3.34. The van der Waals surface area contributed by atoms with Crippen molar-refractivity contribution in [3.8, 4) is 0 Å². The SMILES string of the molecule is CS(=O)(=O)c1ccc(CNC2COC(CN3CCC(F)(F)C3)C2O)cc1. The van der Waals surface area contributed by atoms with E-state index in [0.717, 1.165) is 11.8 Å². The first-order valence-electron chi connectivity index (χ1n) is 8.56. The Kier molecular flexibility index (Phi) is 5.64. The maximum atomic E-state index is 13.3. The largest absolute Gasteiger partial charge is 0.389 e. The van der Waals surface area contributed by atoms with Crippen molar-refractivity contribution in [3.63, 3.8) is 0 Å². The van der Waals surface area contributed by atoms with E-state index in [9.17, 15) is 22.3 Å². The summed E-state index contributed by atoms with van der Waals surface area (Å²) < 4.78 is 55.0. The summed E-state index contributed by atoms with van der Waals surface area (Å²) in [6, 6.07) is 6.23. The summed E-state index contributed by atoms with van der Waals surface area (Å²) in [6.45, 7) is 1.06. The number of aliphatic hydroxyl groups excluding tert-OH is 1. The van der Waals surface area contributed by atoms with Crippen LogP contribution in [0, 0.1) is 0 Å². The monoisotopic (exact) mass is 390 g/mol. The van der Waals surface area contributed by atoms with Gasteiger partial charge in [-0.3, -0.25) is 4.90 Å². The molecule has 0 aliphatic carbocycles. The number of benzene rings is 1. The van der Waals surface area contributed by atoms with Crippen LogP contribution in [0.3, 0.4) is 0 Å². The van der Waals surface area contributed by atoms with Crippen molar-refractivity contribution in [2.24, 2.45) is 0 Å². The van der Waals surface area contributed by atoms with Gasteiger partial charge in [0.05, 0.1) is 36.3 Å². The van der Waals surface area contributed by atoms with Crippen LogP contribution in [0.15, 0.2) is 29.2 Å². The molecule has 26 heavy (non-hydrogen) atoms. The van der Waals surface area contributed by atoms with E-state index in [0.29, 0.717) is 19.7 Å². The van der Waals surface area contributed by atoms with E-state index in [1.807, 2.05) is 0 Å². The molecule has 146 valence electrons. The number of hydrogen-bond acceptors (Lipinski definition) is 6. The molecule has 2 aliphatic heterocycles. The first kappa shape index (κ1) is 19.6. The highest BCUT2D eigenvalue weighted by Crippen LogP contribution is 2.28. The number of halogens is 2. The third kappa shape index (κ3) is 4.77. The van der Waals surface area contributed by atoms with Crippen LogP contribution in [0.1, 0.15) is 12.0 Å². The van der Waals surface area contributed by atoms with Gasteiger partial charge in [-0.15, -0.1) is 0 Å². The van der Waals surface area contributed by atoms with Gasteiger partial charge in [-0.2, -0.15) is 0 Å². The summed E-state index contributed by atoms with van der Waals surface area (Å²) >= 11 is 0. The molecular formula is C17H24F2N2O4S. The fraction of sp³-hybridized carbons (Fsp3) is 0.647. The Morgan fingerprint density at radius 1 is 1.35 bits per heavy atom. The number of ether oxygens (including phenoxy) is 1. The van der Waals surface area contributed by atoms with E-state index in [1.165, 1.54) is 0 Å². The Morgan fingerprint density at radius 3 is 2.62 bits per heavy atom. The van der Waals surface area contributed by atoms with E-state index in [2.05, 4.69) is 5.32 Å². The summed E-state index contributed by atoms with van der Waals surface area (Å²) in [7, 11) is -3.22. The van der Waals surface area contributed by atoms with Crippen molar-refractivity contribution in [2.45, 2.75) is 42.0 Å². The van der Waals surface area contributed by atoms with E-state index < -0.39 is 28.0 Å². The van der Waals surface area contributed by atoms with Crippen LogP contribution >= 0.6 is 0 Å². The summed E-state index contributed by atoms with van der Waals surface area (Å²) in [6.07, 6.45) is -0.266. The number of aliphatic hydroxyl groups is 1. The van der Waals surface area contributed by atoms with Crippen LogP contribution in [0.2, 0.25) is 0 Å². The molecule has 6 nitrogen and oxygen atoms in total. The van der Waals surface area contributed by atoms with Crippen LogP contribution in [0.25, 0.3) is 0 Å². The van der Waals surface area contributed by atoms with Gasteiger partial charge in [0.2, 0.25) is 0 Å². The molecule has 9 heteroatoms. The smallest absolute Gasteiger partial charge is 0.261 e. The maximum absolute atomic E-state index is 13.3. The van der Waals surface area contributed by atoms with Gasteiger partial charge < -0.3 is 15.2 Å². The molecule has 0 radical (unpaired) electrons. The van der Waals surface area contributed by atoms with Gasteiger partial charge in [0, 0.05) is 32.3 Å².